The summed E-state index contributed by atoms with van der Waals surface area (Å²) in [4.78, 5) is 117. The number of hydrogen-bond acceptors (Lipinski definition) is 24. The highest BCUT2D eigenvalue weighted by Crippen LogP contribution is 2.30. The quantitative estimate of drug-likeness (QED) is 0.00395. The highest BCUT2D eigenvalue weighted by Gasteiger charge is 2.21. The predicted octanol–water partition coefficient (Wildman–Crippen LogP) is 17.8. The molecule has 0 fully saturated rings. The summed E-state index contributed by atoms with van der Waals surface area (Å²) in [6.45, 7) is 18.5. The first-order valence-corrected chi connectivity index (χ1v) is 37.0. The molecule has 6 aromatic carbocycles. The van der Waals surface area contributed by atoms with Crippen molar-refractivity contribution in [2.24, 2.45) is 0 Å². The molecule has 6 rings (SSSR count). The molecular formula is C84H104O24. The number of hydrogen-bond donors (Lipinski definition) is 0. The molecule has 0 amide bonds. The second-order valence-corrected chi connectivity index (χ2v) is 24.5. The zero-order valence-corrected chi connectivity index (χ0v) is 61.9. The summed E-state index contributed by atoms with van der Waals surface area (Å²) >= 11 is 0. The normalized spacial score (nSPS) is 10.8. The number of ether oxygens (including phenoxy) is 9. The van der Waals surface area contributed by atoms with Crippen molar-refractivity contribution in [1.29, 1.82) is 0 Å². The fraction of sp³-hybridized carbons (Fsp3) is 0.417. The van der Waals surface area contributed by atoms with Crippen molar-refractivity contribution in [2.45, 2.75) is 155 Å². The molecule has 0 aliphatic carbocycles. The Morgan fingerprint density at radius 1 is 0.306 bits per heavy atom. The van der Waals surface area contributed by atoms with E-state index in [-0.39, 0.29) is 61.4 Å². The van der Waals surface area contributed by atoms with Crippen LogP contribution < -0.4 is 38.2 Å². The largest absolute Gasteiger partial charge is 0.494 e. The van der Waals surface area contributed by atoms with Gasteiger partial charge in [-0.25, -0.2) is 43.5 Å². The van der Waals surface area contributed by atoms with E-state index in [1.165, 1.54) is 24.5 Å². The minimum absolute atomic E-state index is 0.0187. The van der Waals surface area contributed by atoms with Crippen molar-refractivity contribution in [3.8, 4) is 46.0 Å². The van der Waals surface area contributed by atoms with Crippen molar-refractivity contribution >= 4 is 29.8 Å². The van der Waals surface area contributed by atoms with Gasteiger partial charge in [0, 0.05) is 17.7 Å². The van der Waals surface area contributed by atoms with Gasteiger partial charge >= 0.3 is 29.8 Å². The number of benzene rings is 6. The van der Waals surface area contributed by atoms with Crippen molar-refractivity contribution in [3.05, 3.63) is 218 Å². The van der Waals surface area contributed by atoms with E-state index in [1.54, 1.807) is 72.8 Å². The van der Waals surface area contributed by atoms with Crippen molar-refractivity contribution < 1.29 is 115 Å². The molecule has 0 bridgehead atoms. The van der Waals surface area contributed by atoms with E-state index >= 15 is 0 Å². The second-order valence-electron chi connectivity index (χ2n) is 24.5. The fourth-order valence-electron chi connectivity index (χ4n) is 10.0. The van der Waals surface area contributed by atoms with Crippen molar-refractivity contribution in [3.63, 3.8) is 0 Å². The van der Waals surface area contributed by atoms with E-state index in [1.807, 2.05) is 48.5 Å². The van der Waals surface area contributed by atoms with E-state index in [9.17, 15) is 24.0 Å². The van der Waals surface area contributed by atoms with Gasteiger partial charge in [-0.15, -0.1) is 6.58 Å². The van der Waals surface area contributed by atoms with Crippen LogP contribution in [0.4, 0.5) is 0 Å². The van der Waals surface area contributed by atoms with E-state index in [0.717, 1.165) is 151 Å². The number of esters is 5. The smallest absolute Gasteiger partial charge is 0.343 e. The zero-order chi connectivity index (χ0) is 76.5. The van der Waals surface area contributed by atoms with Crippen LogP contribution in [-0.2, 0) is 82.7 Å². The van der Waals surface area contributed by atoms with Gasteiger partial charge in [0.15, 0.2) is 11.5 Å². The lowest BCUT2D eigenvalue weighted by atomic mass is 10.1. The maximum Gasteiger partial charge on any atom is 0.343 e. The van der Waals surface area contributed by atoms with Gasteiger partial charge in [0.25, 0.3) is 0 Å². The topological polar surface area (TPSA) is 261 Å². The maximum atomic E-state index is 13.8. The number of carbonyl (C=O) groups excluding carboxylic acids is 5. The molecule has 0 heterocycles. The Morgan fingerprint density at radius 3 is 1.17 bits per heavy atom. The summed E-state index contributed by atoms with van der Waals surface area (Å²) in [5.74, 6) is 0.477. The summed E-state index contributed by atoms with van der Waals surface area (Å²) in [7, 11) is 0. The number of carbonyl (C=O) groups is 5. The highest BCUT2D eigenvalue weighted by atomic mass is 17.2. The van der Waals surface area contributed by atoms with E-state index in [0.29, 0.717) is 106 Å². The average molecular weight is 1500 g/mol. The third kappa shape index (κ3) is 38.0. The molecule has 0 aromatic heterocycles. The Hall–Kier alpha value is -10.1. The first-order chi connectivity index (χ1) is 53.0. The summed E-state index contributed by atoms with van der Waals surface area (Å²) in [5, 5.41) is 0. The van der Waals surface area contributed by atoms with E-state index in [4.69, 9.17) is 86.6 Å². The van der Waals surface area contributed by atoms with Crippen LogP contribution in [0.25, 0.3) is 0 Å². The van der Waals surface area contributed by atoms with Gasteiger partial charge < -0.3 is 57.3 Å². The van der Waals surface area contributed by atoms with Crippen LogP contribution in [0.2, 0.25) is 0 Å². The second kappa shape index (κ2) is 55.4. The van der Waals surface area contributed by atoms with Gasteiger partial charge in [0.05, 0.1) is 77.2 Å². The molecule has 0 saturated carbocycles. The van der Waals surface area contributed by atoms with E-state index < -0.39 is 29.8 Å². The van der Waals surface area contributed by atoms with Crippen LogP contribution in [-0.4, -0.2) is 103 Å². The van der Waals surface area contributed by atoms with Crippen molar-refractivity contribution in [2.75, 3.05) is 72.7 Å². The first-order valence-electron chi connectivity index (χ1n) is 37.0. The van der Waals surface area contributed by atoms with Gasteiger partial charge in [-0.2, -0.15) is 14.7 Å². The monoisotopic (exact) mass is 1500 g/mol. The van der Waals surface area contributed by atoms with Crippen LogP contribution >= 0.6 is 0 Å². The Bertz CT molecular complexity index is 3540. The molecule has 108 heavy (non-hydrogen) atoms. The summed E-state index contributed by atoms with van der Waals surface area (Å²) in [5.41, 5.74) is 2.62. The minimum Gasteiger partial charge on any atom is -0.494 e. The fourth-order valence-corrected chi connectivity index (χ4v) is 10.0. The molecule has 0 aliphatic rings. The molecular weight excluding hydrogens is 1390 g/mol. The summed E-state index contributed by atoms with van der Waals surface area (Å²) in [6.07, 6.45) is 22.9. The van der Waals surface area contributed by atoms with Crippen LogP contribution in [0.15, 0.2) is 184 Å². The summed E-state index contributed by atoms with van der Waals surface area (Å²) < 4.78 is 51.0. The van der Waals surface area contributed by atoms with Crippen LogP contribution in [0.5, 0.6) is 46.0 Å². The maximum absolute atomic E-state index is 13.8. The Morgan fingerprint density at radius 2 is 0.694 bits per heavy atom. The molecule has 24 nitrogen and oxygen atoms in total. The Labute approximate surface area is 633 Å². The molecule has 0 saturated heterocycles. The number of unbranched alkanes of at least 4 members (excludes halogenated alkanes) is 16. The Kier molecular flexibility index (Phi) is 44.5. The molecule has 0 aliphatic heterocycles. The third-order valence-corrected chi connectivity index (χ3v) is 15.9. The molecule has 0 radical (unpaired) electrons. The molecule has 0 spiro atoms. The molecule has 0 unspecified atom stereocenters. The molecule has 0 N–H and O–H groups in total. The van der Waals surface area contributed by atoms with Gasteiger partial charge in [-0.3, -0.25) is 0 Å². The van der Waals surface area contributed by atoms with Gasteiger partial charge in [0.1, 0.15) is 72.8 Å². The van der Waals surface area contributed by atoms with Crippen LogP contribution in [0, 0.1) is 0 Å². The molecule has 6 aromatic rings. The van der Waals surface area contributed by atoms with E-state index in [2.05, 4.69) is 31.2 Å². The predicted molar refractivity (Wildman–Crippen MR) is 401 cm³/mol. The zero-order valence-electron chi connectivity index (χ0n) is 61.9. The third-order valence-electron chi connectivity index (χ3n) is 15.9. The van der Waals surface area contributed by atoms with Crippen molar-refractivity contribution in [1.82, 2.24) is 0 Å². The molecule has 584 valence electrons. The lowest BCUT2D eigenvalue weighted by molar-refractivity contribution is -0.304. The van der Waals surface area contributed by atoms with Crippen LogP contribution in [0.3, 0.4) is 0 Å². The SMILES string of the molecule is C=CCOOCCCCCCOc1ccc(COOc2ccc(OC(=O)c3ccc(OCCCCCCOC(=O)C=C)cc3)cc2C(=O)OCCCCCCCOOCc2cc(OOCc3ccc(OCCCCCCOOC=C)cc3)ccc2OC(=O)c2ccc(OCCCCCCOC(=O)C=C)cc2)cc1. The van der Waals surface area contributed by atoms with Crippen LogP contribution in [0.1, 0.15) is 183 Å². The van der Waals surface area contributed by atoms with Gasteiger partial charge in [-0.05, 0) is 223 Å². The average Bonchev–Trinajstić information content (AvgIpc) is 1.78. The Balaban J connectivity index is 0.958. The minimum atomic E-state index is -0.711. The highest BCUT2D eigenvalue weighted by molar-refractivity contribution is 5.95. The standard InChI is InChI=1S/C84H104O24/c1-5-50-98-100-59-29-19-17-23-52-91-72-40-32-67(33-41-72)64-104-108-79-49-46-75(105-82(87)68-34-42-73(43-35-68)92-53-20-12-14-24-55-94-80(85)6-2)62-77(79)84(89)96-57-26-10-9-11-27-60-101-102-65-70-61-76(107-103-63-66-30-38-71(39-31-66)90-51-22-16-18-28-58-99-97-8-4)47-48-78(70)106-83(88)69-36-44-74(45-37-69)93-54-21-13-15-25-56-95-81(86)7-3/h5-8,30-49,61-62H,1-4,9-29,50-60,63-65H2. The molecule has 24 heteroatoms. The summed E-state index contributed by atoms with van der Waals surface area (Å²) in [6, 6.07) is 37.4. The van der Waals surface area contributed by atoms with Gasteiger partial charge in [-0.1, -0.05) is 82.2 Å². The number of rotatable bonds is 63. The molecule has 0 atom stereocenters. The lowest BCUT2D eigenvalue weighted by Crippen LogP contribution is -2.12. The lowest BCUT2D eigenvalue weighted by Gasteiger charge is -2.13. The first kappa shape index (κ1) is 86.9. The van der Waals surface area contributed by atoms with Gasteiger partial charge in [0.2, 0.25) is 0 Å².